The normalized spacial score (nSPS) is 16.6. The van der Waals surface area contributed by atoms with E-state index in [0.29, 0.717) is 36.0 Å². The van der Waals surface area contributed by atoms with Gasteiger partial charge in [0, 0.05) is 34.6 Å². The van der Waals surface area contributed by atoms with Crippen LogP contribution in [-0.2, 0) is 11.3 Å². The molecule has 2 amide bonds. The Morgan fingerprint density at radius 2 is 2.03 bits per heavy atom. The first-order valence-corrected chi connectivity index (χ1v) is 10.8. The van der Waals surface area contributed by atoms with Crippen molar-refractivity contribution >= 4 is 40.6 Å². The lowest BCUT2D eigenvalue weighted by Gasteiger charge is -2.32. The number of benzene rings is 1. The summed E-state index contributed by atoms with van der Waals surface area (Å²) in [5.74, 6) is 0.281. The van der Waals surface area contributed by atoms with E-state index in [9.17, 15) is 9.59 Å². The van der Waals surface area contributed by atoms with Gasteiger partial charge in [0.25, 0.3) is 5.91 Å². The number of anilines is 1. The SMILES string of the molecule is O=C(Nc1ccnn1Cc1cccs1)[C@@H]1CCCN(C(=O)c2ccc(Cl)cc2)C1. The molecule has 150 valence electrons. The topological polar surface area (TPSA) is 67.2 Å². The van der Waals surface area contributed by atoms with Gasteiger partial charge in [-0.25, -0.2) is 4.68 Å². The van der Waals surface area contributed by atoms with Crippen molar-refractivity contribution in [3.8, 4) is 0 Å². The van der Waals surface area contributed by atoms with Crippen molar-refractivity contribution in [2.75, 3.05) is 18.4 Å². The molecule has 3 heterocycles. The van der Waals surface area contributed by atoms with E-state index in [1.165, 1.54) is 4.88 Å². The molecule has 3 aromatic rings. The third-order valence-corrected chi connectivity index (χ3v) is 6.14. The summed E-state index contributed by atoms with van der Waals surface area (Å²) in [4.78, 5) is 28.5. The number of nitrogens with one attached hydrogen (secondary N) is 1. The smallest absolute Gasteiger partial charge is 0.253 e. The van der Waals surface area contributed by atoms with Crippen molar-refractivity contribution in [3.63, 3.8) is 0 Å². The highest BCUT2D eigenvalue weighted by Crippen LogP contribution is 2.22. The number of aromatic nitrogens is 2. The third-order valence-electron chi connectivity index (χ3n) is 5.02. The zero-order valence-corrected chi connectivity index (χ0v) is 17.3. The van der Waals surface area contributed by atoms with Crippen LogP contribution in [0.1, 0.15) is 28.1 Å². The van der Waals surface area contributed by atoms with Crippen LogP contribution >= 0.6 is 22.9 Å². The Morgan fingerprint density at radius 1 is 1.21 bits per heavy atom. The van der Waals surface area contributed by atoms with Crippen molar-refractivity contribution in [2.45, 2.75) is 19.4 Å². The Morgan fingerprint density at radius 3 is 2.79 bits per heavy atom. The van der Waals surface area contributed by atoms with Crippen LogP contribution in [0.4, 0.5) is 5.82 Å². The Kier molecular flexibility index (Phi) is 5.97. The van der Waals surface area contributed by atoms with Gasteiger partial charge >= 0.3 is 0 Å². The van der Waals surface area contributed by atoms with E-state index in [2.05, 4.69) is 10.4 Å². The molecule has 0 unspecified atom stereocenters. The minimum atomic E-state index is -0.245. The first-order chi connectivity index (χ1) is 14.1. The van der Waals surface area contributed by atoms with Crippen LogP contribution < -0.4 is 5.32 Å². The van der Waals surface area contributed by atoms with Gasteiger partial charge in [0.2, 0.25) is 5.91 Å². The summed E-state index contributed by atoms with van der Waals surface area (Å²) in [6.07, 6.45) is 3.24. The molecule has 1 aliphatic heterocycles. The van der Waals surface area contributed by atoms with Crippen LogP contribution in [0.5, 0.6) is 0 Å². The maximum absolute atomic E-state index is 12.9. The highest BCUT2D eigenvalue weighted by Gasteiger charge is 2.29. The molecule has 0 saturated carbocycles. The summed E-state index contributed by atoms with van der Waals surface area (Å²) in [5, 5.41) is 9.92. The third kappa shape index (κ3) is 4.68. The Hall–Kier alpha value is -2.64. The molecule has 1 saturated heterocycles. The van der Waals surface area contributed by atoms with E-state index >= 15 is 0 Å². The number of piperidine rings is 1. The number of thiophene rings is 1. The molecule has 8 heteroatoms. The number of carbonyl (C=O) groups excluding carboxylic acids is 2. The van der Waals surface area contributed by atoms with E-state index in [1.54, 1.807) is 57.4 Å². The van der Waals surface area contributed by atoms with Gasteiger partial charge in [-0.15, -0.1) is 11.3 Å². The fourth-order valence-corrected chi connectivity index (χ4v) is 4.31. The number of likely N-dealkylation sites (tertiary alicyclic amines) is 1. The van der Waals surface area contributed by atoms with Gasteiger partial charge in [-0.05, 0) is 48.6 Å². The summed E-state index contributed by atoms with van der Waals surface area (Å²) in [5.41, 5.74) is 0.587. The number of halogens is 1. The second-order valence-electron chi connectivity index (χ2n) is 7.04. The van der Waals surface area contributed by atoms with E-state index < -0.39 is 0 Å². The van der Waals surface area contributed by atoms with Crippen LogP contribution in [0.2, 0.25) is 5.02 Å². The molecule has 0 bridgehead atoms. The molecular formula is C21H21ClN4O2S. The Balaban J connectivity index is 1.40. The van der Waals surface area contributed by atoms with Crippen molar-refractivity contribution in [1.29, 1.82) is 0 Å². The van der Waals surface area contributed by atoms with Gasteiger partial charge in [0.1, 0.15) is 5.82 Å². The zero-order valence-electron chi connectivity index (χ0n) is 15.8. The van der Waals surface area contributed by atoms with E-state index in [1.807, 2.05) is 17.5 Å². The van der Waals surface area contributed by atoms with Crippen LogP contribution in [0, 0.1) is 5.92 Å². The maximum atomic E-state index is 12.9. The van der Waals surface area contributed by atoms with Crippen molar-refractivity contribution in [1.82, 2.24) is 14.7 Å². The molecule has 1 N–H and O–H groups in total. The molecule has 1 fully saturated rings. The average Bonchev–Trinajstić information content (AvgIpc) is 3.41. The van der Waals surface area contributed by atoms with Crippen LogP contribution in [0.25, 0.3) is 0 Å². The first-order valence-electron chi connectivity index (χ1n) is 9.50. The van der Waals surface area contributed by atoms with Gasteiger partial charge in [0.05, 0.1) is 18.7 Å². The molecule has 1 aliphatic rings. The molecule has 2 aromatic heterocycles. The van der Waals surface area contributed by atoms with E-state index in [0.717, 1.165) is 12.8 Å². The van der Waals surface area contributed by atoms with Gasteiger partial charge < -0.3 is 10.2 Å². The van der Waals surface area contributed by atoms with Crippen LogP contribution in [0.15, 0.2) is 54.0 Å². The number of carbonyl (C=O) groups is 2. The van der Waals surface area contributed by atoms with E-state index in [-0.39, 0.29) is 17.7 Å². The van der Waals surface area contributed by atoms with Gasteiger partial charge in [-0.3, -0.25) is 9.59 Å². The number of hydrogen-bond donors (Lipinski definition) is 1. The first kappa shape index (κ1) is 19.7. The van der Waals surface area contributed by atoms with Gasteiger partial charge in [-0.2, -0.15) is 5.10 Å². The fraction of sp³-hybridized carbons (Fsp3) is 0.286. The highest BCUT2D eigenvalue weighted by atomic mass is 35.5. The molecule has 0 spiro atoms. The molecule has 0 radical (unpaired) electrons. The Bertz CT molecular complexity index is 985. The molecule has 1 aromatic carbocycles. The highest BCUT2D eigenvalue weighted by molar-refractivity contribution is 7.09. The maximum Gasteiger partial charge on any atom is 0.253 e. The largest absolute Gasteiger partial charge is 0.338 e. The second kappa shape index (κ2) is 8.80. The zero-order chi connectivity index (χ0) is 20.2. The standard InChI is InChI=1S/C21H21ClN4O2S/c22-17-7-5-15(6-8-17)21(28)25-11-1-3-16(13-25)20(27)24-19-9-10-23-26(19)14-18-4-2-12-29-18/h2,4-10,12,16H,1,3,11,13-14H2,(H,24,27)/t16-/m1/s1. The summed E-state index contributed by atoms with van der Waals surface area (Å²) in [6.45, 7) is 1.68. The lowest BCUT2D eigenvalue weighted by molar-refractivity contribution is -0.121. The van der Waals surface area contributed by atoms with Crippen molar-refractivity contribution in [3.05, 3.63) is 69.5 Å². The molecule has 1 atom stereocenters. The van der Waals surface area contributed by atoms with Gasteiger partial charge in [0.15, 0.2) is 0 Å². The lowest BCUT2D eigenvalue weighted by Crippen LogP contribution is -2.43. The van der Waals surface area contributed by atoms with Crippen molar-refractivity contribution < 1.29 is 9.59 Å². The number of hydrogen-bond acceptors (Lipinski definition) is 4. The summed E-state index contributed by atoms with van der Waals surface area (Å²) < 4.78 is 1.78. The second-order valence-corrected chi connectivity index (χ2v) is 8.51. The van der Waals surface area contributed by atoms with Gasteiger partial charge in [-0.1, -0.05) is 17.7 Å². The molecule has 0 aliphatic carbocycles. The lowest BCUT2D eigenvalue weighted by atomic mass is 9.96. The van der Waals surface area contributed by atoms with Crippen LogP contribution in [0.3, 0.4) is 0 Å². The number of rotatable bonds is 5. The van der Waals surface area contributed by atoms with Crippen LogP contribution in [-0.4, -0.2) is 39.6 Å². The quantitative estimate of drug-likeness (QED) is 0.664. The average molecular weight is 429 g/mol. The number of nitrogens with zero attached hydrogens (tertiary/aromatic N) is 3. The predicted molar refractivity (Wildman–Crippen MR) is 114 cm³/mol. The van der Waals surface area contributed by atoms with Crippen molar-refractivity contribution in [2.24, 2.45) is 5.92 Å². The number of amides is 2. The summed E-state index contributed by atoms with van der Waals surface area (Å²) in [7, 11) is 0. The molecule has 6 nitrogen and oxygen atoms in total. The Labute approximate surface area is 178 Å². The molecular weight excluding hydrogens is 408 g/mol. The monoisotopic (exact) mass is 428 g/mol. The predicted octanol–water partition coefficient (Wildman–Crippen LogP) is 4.14. The summed E-state index contributed by atoms with van der Waals surface area (Å²) >= 11 is 7.56. The molecule has 29 heavy (non-hydrogen) atoms. The minimum Gasteiger partial charge on any atom is -0.338 e. The summed E-state index contributed by atoms with van der Waals surface area (Å²) in [6, 6.07) is 12.7. The van der Waals surface area contributed by atoms with E-state index in [4.69, 9.17) is 11.6 Å². The minimum absolute atomic E-state index is 0.0677. The fourth-order valence-electron chi connectivity index (χ4n) is 3.49. The molecule has 4 rings (SSSR count).